The highest BCUT2D eigenvalue weighted by Gasteiger charge is 2.19. The average molecular weight is 420 g/mol. The van der Waals surface area contributed by atoms with Gasteiger partial charge in [0.2, 0.25) is 0 Å². The molecular formula is C25H41NO4. The van der Waals surface area contributed by atoms with E-state index < -0.39 is 18.0 Å². The first-order valence-electron chi connectivity index (χ1n) is 11.8. The van der Waals surface area contributed by atoms with Crippen molar-refractivity contribution in [1.29, 1.82) is 0 Å². The van der Waals surface area contributed by atoms with Gasteiger partial charge in [-0.3, -0.25) is 4.79 Å². The van der Waals surface area contributed by atoms with E-state index in [9.17, 15) is 14.7 Å². The molecule has 0 saturated heterocycles. The number of nitrogens with two attached hydrogens (primary N) is 1. The lowest BCUT2D eigenvalue weighted by Gasteiger charge is -2.10. The Morgan fingerprint density at radius 1 is 0.833 bits per heavy atom. The van der Waals surface area contributed by atoms with Gasteiger partial charge in [0.05, 0.1) is 0 Å². The van der Waals surface area contributed by atoms with Crippen molar-refractivity contribution in [3.05, 3.63) is 29.8 Å². The lowest BCUT2D eigenvalue weighted by Crippen LogP contribution is -2.35. The van der Waals surface area contributed by atoms with Crippen LogP contribution in [0.3, 0.4) is 0 Å². The van der Waals surface area contributed by atoms with Crippen LogP contribution >= 0.6 is 0 Å². The van der Waals surface area contributed by atoms with E-state index in [1.165, 1.54) is 76.3 Å². The second-order valence-corrected chi connectivity index (χ2v) is 8.26. The number of unbranched alkanes of at least 4 members (excludes halogenated alkanes) is 12. The van der Waals surface area contributed by atoms with Gasteiger partial charge >= 0.3 is 11.9 Å². The lowest BCUT2D eigenvalue weighted by atomic mass is 10.0. The Bertz CT molecular complexity index is 585. The SMILES string of the molecule is CCCCCCCCCCCCCCCC(=O)OC(=O)C(N)Cc1ccc(O)cc1. The largest absolute Gasteiger partial charge is 0.508 e. The molecule has 0 aromatic heterocycles. The minimum atomic E-state index is -0.884. The van der Waals surface area contributed by atoms with Crippen molar-refractivity contribution in [3.8, 4) is 5.75 Å². The third-order valence-electron chi connectivity index (χ3n) is 5.39. The van der Waals surface area contributed by atoms with Crippen molar-refractivity contribution >= 4 is 11.9 Å². The van der Waals surface area contributed by atoms with E-state index in [-0.39, 0.29) is 18.6 Å². The number of hydrogen-bond acceptors (Lipinski definition) is 5. The summed E-state index contributed by atoms with van der Waals surface area (Å²) in [5, 5.41) is 9.27. The normalized spacial score (nSPS) is 11.9. The van der Waals surface area contributed by atoms with Crippen LogP contribution in [-0.2, 0) is 20.7 Å². The summed E-state index contributed by atoms with van der Waals surface area (Å²) in [6.45, 7) is 2.25. The summed E-state index contributed by atoms with van der Waals surface area (Å²) in [4.78, 5) is 23.8. The number of phenolic OH excluding ortho intramolecular Hbond substituents is 1. The summed E-state index contributed by atoms with van der Waals surface area (Å²) in [7, 11) is 0. The maximum Gasteiger partial charge on any atom is 0.330 e. The Labute approximate surface area is 182 Å². The molecular weight excluding hydrogens is 378 g/mol. The van der Waals surface area contributed by atoms with Gasteiger partial charge in [-0.05, 0) is 30.5 Å². The maximum atomic E-state index is 11.9. The predicted octanol–water partition coefficient (Wildman–Crippen LogP) is 5.81. The molecule has 0 aliphatic rings. The van der Waals surface area contributed by atoms with Gasteiger partial charge in [-0.1, -0.05) is 96.1 Å². The van der Waals surface area contributed by atoms with E-state index in [0.717, 1.165) is 24.8 Å². The Balaban J connectivity index is 1.97. The van der Waals surface area contributed by atoms with Gasteiger partial charge in [0.25, 0.3) is 0 Å². The maximum absolute atomic E-state index is 11.9. The number of esters is 2. The summed E-state index contributed by atoms with van der Waals surface area (Å²) in [6.07, 6.45) is 16.7. The van der Waals surface area contributed by atoms with Gasteiger partial charge in [0.15, 0.2) is 0 Å². The molecule has 1 aromatic carbocycles. The molecule has 1 rings (SSSR count). The Morgan fingerprint density at radius 3 is 1.80 bits per heavy atom. The molecule has 0 spiro atoms. The third kappa shape index (κ3) is 13.4. The average Bonchev–Trinajstić information content (AvgIpc) is 2.73. The monoisotopic (exact) mass is 419 g/mol. The fourth-order valence-corrected chi connectivity index (χ4v) is 3.50. The van der Waals surface area contributed by atoms with Crippen molar-refractivity contribution in [1.82, 2.24) is 0 Å². The number of ether oxygens (including phenoxy) is 1. The summed E-state index contributed by atoms with van der Waals surface area (Å²) >= 11 is 0. The second kappa shape index (κ2) is 16.9. The fraction of sp³-hybridized carbons (Fsp3) is 0.680. The standard InChI is InChI=1S/C25H41NO4/c1-2-3-4-5-6-7-8-9-10-11-12-13-14-15-24(28)30-25(29)23(26)20-21-16-18-22(27)19-17-21/h16-19,23,27H,2-15,20,26H2,1H3. The van der Waals surface area contributed by atoms with Crippen LogP contribution in [0.5, 0.6) is 5.75 Å². The van der Waals surface area contributed by atoms with Gasteiger partial charge in [-0.2, -0.15) is 0 Å². The number of aromatic hydroxyl groups is 1. The molecule has 30 heavy (non-hydrogen) atoms. The minimum Gasteiger partial charge on any atom is -0.508 e. The van der Waals surface area contributed by atoms with Crippen molar-refractivity contribution < 1.29 is 19.4 Å². The van der Waals surface area contributed by atoms with E-state index >= 15 is 0 Å². The van der Waals surface area contributed by atoms with Crippen LogP contribution in [0.1, 0.15) is 102 Å². The molecule has 0 saturated carbocycles. The molecule has 0 aliphatic heterocycles. The number of carbonyl (C=O) groups is 2. The third-order valence-corrected chi connectivity index (χ3v) is 5.39. The van der Waals surface area contributed by atoms with Gasteiger partial charge in [0, 0.05) is 6.42 Å². The zero-order chi connectivity index (χ0) is 22.0. The molecule has 3 N–H and O–H groups in total. The zero-order valence-electron chi connectivity index (χ0n) is 18.7. The Hall–Kier alpha value is -1.88. The van der Waals surface area contributed by atoms with E-state index in [0.29, 0.717) is 0 Å². The molecule has 1 unspecified atom stereocenters. The number of carbonyl (C=O) groups excluding carboxylic acids is 2. The quantitative estimate of drug-likeness (QED) is 0.189. The summed E-state index contributed by atoms with van der Waals surface area (Å²) in [5.41, 5.74) is 6.63. The first-order valence-corrected chi connectivity index (χ1v) is 11.8. The van der Waals surface area contributed by atoms with Crippen molar-refractivity contribution in [2.45, 2.75) is 109 Å². The summed E-state index contributed by atoms with van der Waals surface area (Å²) in [6, 6.07) is 5.57. The van der Waals surface area contributed by atoms with Gasteiger partial charge < -0.3 is 15.6 Å². The van der Waals surface area contributed by atoms with E-state index in [1.807, 2.05) is 0 Å². The molecule has 170 valence electrons. The Morgan fingerprint density at radius 2 is 1.30 bits per heavy atom. The zero-order valence-corrected chi connectivity index (χ0v) is 18.7. The van der Waals surface area contributed by atoms with Crippen LogP contribution in [0.2, 0.25) is 0 Å². The number of benzene rings is 1. The van der Waals surface area contributed by atoms with Crippen molar-refractivity contribution in [3.63, 3.8) is 0 Å². The van der Waals surface area contributed by atoms with Crippen LogP contribution in [0, 0.1) is 0 Å². The highest BCUT2D eigenvalue weighted by molar-refractivity contribution is 5.88. The van der Waals surface area contributed by atoms with Crippen molar-refractivity contribution in [2.75, 3.05) is 0 Å². The first kappa shape index (κ1) is 26.2. The molecule has 5 nitrogen and oxygen atoms in total. The van der Waals surface area contributed by atoms with E-state index in [4.69, 9.17) is 10.5 Å². The minimum absolute atomic E-state index is 0.155. The molecule has 0 amide bonds. The molecule has 0 aliphatic carbocycles. The van der Waals surface area contributed by atoms with Gasteiger partial charge in [0.1, 0.15) is 11.8 Å². The predicted molar refractivity (Wildman–Crippen MR) is 121 cm³/mol. The van der Waals surface area contributed by atoms with Crippen LogP contribution < -0.4 is 5.73 Å². The summed E-state index contributed by atoms with van der Waals surface area (Å²) < 4.78 is 4.86. The highest BCUT2D eigenvalue weighted by atomic mass is 16.6. The van der Waals surface area contributed by atoms with Crippen LogP contribution in [0.4, 0.5) is 0 Å². The van der Waals surface area contributed by atoms with Gasteiger partial charge in [-0.25, -0.2) is 4.79 Å². The number of phenols is 1. The topological polar surface area (TPSA) is 89.6 Å². The van der Waals surface area contributed by atoms with E-state index in [2.05, 4.69) is 6.92 Å². The van der Waals surface area contributed by atoms with Gasteiger partial charge in [-0.15, -0.1) is 0 Å². The fourth-order valence-electron chi connectivity index (χ4n) is 3.50. The Kier molecular flexibility index (Phi) is 14.7. The molecule has 1 atom stereocenters. The van der Waals surface area contributed by atoms with Crippen LogP contribution in [0.15, 0.2) is 24.3 Å². The molecule has 5 heteroatoms. The number of hydrogen-bond donors (Lipinski definition) is 2. The lowest BCUT2D eigenvalue weighted by molar-refractivity contribution is -0.160. The smallest absolute Gasteiger partial charge is 0.330 e. The molecule has 1 aromatic rings. The van der Waals surface area contributed by atoms with Crippen LogP contribution in [-0.4, -0.2) is 23.1 Å². The molecule has 0 radical (unpaired) electrons. The molecule has 0 heterocycles. The summed E-state index contributed by atoms with van der Waals surface area (Å²) in [5.74, 6) is -1.03. The molecule has 0 bridgehead atoms. The first-order chi connectivity index (χ1) is 14.5. The van der Waals surface area contributed by atoms with Crippen molar-refractivity contribution in [2.24, 2.45) is 5.73 Å². The number of rotatable bonds is 17. The van der Waals surface area contributed by atoms with Crippen LogP contribution in [0.25, 0.3) is 0 Å². The highest BCUT2D eigenvalue weighted by Crippen LogP contribution is 2.14. The van der Waals surface area contributed by atoms with E-state index in [1.54, 1.807) is 12.1 Å². The second-order valence-electron chi connectivity index (χ2n) is 8.26. The molecule has 0 fully saturated rings.